The number of nitrogens with zero attached hydrogens (tertiary/aromatic N) is 3. The highest BCUT2D eigenvalue weighted by Crippen LogP contribution is 2.31. The Morgan fingerprint density at radius 1 is 1.27 bits per heavy atom. The highest BCUT2D eigenvalue weighted by Gasteiger charge is 2.29. The molecule has 0 aliphatic carbocycles. The first-order chi connectivity index (χ1) is 16.0. The van der Waals surface area contributed by atoms with Crippen LogP contribution in [0.1, 0.15) is 28.8 Å². The van der Waals surface area contributed by atoms with Crippen molar-refractivity contribution in [3.05, 3.63) is 34.3 Å². The van der Waals surface area contributed by atoms with Crippen molar-refractivity contribution in [3.8, 4) is 11.6 Å². The Balaban J connectivity index is 1.94. The first kappa shape index (κ1) is 24.8. The molecule has 1 saturated heterocycles. The van der Waals surface area contributed by atoms with Gasteiger partial charge in [-0.3, -0.25) is 4.79 Å². The molecule has 0 saturated carbocycles. The molecular formula is C22H30ClN5O5. The Morgan fingerprint density at radius 3 is 2.76 bits per heavy atom. The number of methoxy groups -OCH3 is 3. The predicted molar refractivity (Wildman–Crippen MR) is 126 cm³/mol. The van der Waals surface area contributed by atoms with Gasteiger partial charge in [-0.2, -0.15) is 9.97 Å². The minimum Gasteiger partial charge on any atom is -0.495 e. The van der Waals surface area contributed by atoms with Gasteiger partial charge in [-0.15, -0.1) is 0 Å². The number of carbonyl (C=O) groups excluding carboxylic acids is 1. The van der Waals surface area contributed by atoms with Crippen LogP contribution in [0.5, 0.6) is 11.6 Å². The van der Waals surface area contributed by atoms with E-state index < -0.39 is 0 Å². The Morgan fingerprint density at radius 2 is 2.09 bits per heavy atom. The third-order valence-corrected chi connectivity index (χ3v) is 5.69. The zero-order valence-corrected chi connectivity index (χ0v) is 19.8. The van der Waals surface area contributed by atoms with Crippen LogP contribution in [0.4, 0.5) is 11.8 Å². The quantitative estimate of drug-likeness (QED) is 0.416. The number of hydrogen-bond acceptors (Lipinski definition) is 9. The normalized spacial score (nSPS) is 15.4. The highest BCUT2D eigenvalue weighted by atomic mass is 35.5. The number of carbonyl (C=O) groups is 1. The smallest absolute Gasteiger partial charge is 0.260 e. The monoisotopic (exact) mass is 479 g/mol. The summed E-state index contributed by atoms with van der Waals surface area (Å²) in [6.07, 6.45) is 1.76. The fourth-order valence-corrected chi connectivity index (χ4v) is 3.97. The number of aromatic nitrogens is 2. The number of rotatable bonds is 11. The summed E-state index contributed by atoms with van der Waals surface area (Å²) >= 11 is 6.25. The molecule has 1 amide bonds. The van der Waals surface area contributed by atoms with Crippen molar-refractivity contribution in [1.29, 1.82) is 0 Å². The van der Waals surface area contributed by atoms with E-state index in [2.05, 4.69) is 20.6 Å². The van der Waals surface area contributed by atoms with Gasteiger partial charge in [0.1, 0.15) is 17.1 Å². The van der Waals surface area contributed by atoms with E-state index in [-0.39, 0.29) is 30.0 Å². The summed E-state index contributed by atoms with van der Waals surface area (Å²) < 4.78 is 15.7. The molecule has 1 aliphatic rings. The van der Waals surface area contributed by atoms with Gasteiger partial charge in [-0.25, -0.2) is 0 Å². The lowest BCUT2D eigenvalue weighted by Crippen LogP contribution is -2.34. The molecular weight excluding hydrogens is 450 g/mol. The van der Waals surface area contributed by atoms with Gasteiger partial charge < -0.3 is 34.9 Å². The fraction of sp³-hybridized carbons (Fsp3) is 0.500. The van der Waals surface area contributed by atoms with Crippen molar-refractivity contribution in [2.45, 2.75) is 25.4 Å². The number of nitrogens with one attached hydrogen (secondary N) is 2. The van der Waals surface area contributed by atoms with Crippen LogP contribution in [0.3, 0.4) is 0 Å². The molecule has 1 fully saturated rings. The molecule has 1 aliphatic heterocycles. The standard InChI is InChI=1S/C22H30ClN5O5/c1-31-10-8-24-20(30)18-19(25-12-14-6-7-17(32-2)16(23)11-14)26-22(27-21(18)33-3)28-9-4-5-15(28)13-29/h6-7,11,15,29H,4-5,8-10,12-13H2,1-3H3,(H,24,30)(H,25,26,27)/t15-/m0/s1. The molecule has 1 aromatic heterocycles. The number of amides is 1. The number of anilines is 2. The molecule has 0 spiro atoms. The van der Waals surface area contributed by atoms with Crippen LogP contribution in [0, 0.1) is 0 Å². The van der Waals surface area contributed by atoms with Crippen LogP contribution >= 0.6 is 11.6 Å². The maximum atomic E-state index is 13.0. The lowest BCUT2D eigenvalue weighted by Gasteiger charge is -2.25. The van der Waals surface area contributed by atoms with Gasteiger partial charge in [-0.1, -0.05) is 17.7 Å². The molecule has 11 heteroatoms. The van der Waals surface area contributed by atoms with Gasteiger partial charge in [0, 0.05) is 26.7 Å². The van der Waals surface area contributed by atoms with Gasteiger partial charge >= 0.3 is 0 Å². The van der Waals surface area contributed by atoms with Gasteiger partial charge in [0.2, 0.25) is 11.8 Å². The van der Waals surface area contributed by atoms with Crippen LogP contribution in [0.2, 0.25) is 5.02 Å². The Bertz CT molecular complexity index is 961. The number of hydrogen-bond donors (Lipinski definition) is 3. The second-order valence-corrected chi connectivity index (χ2v) is 7.91. The molecule has 1 atom stereocenters. The van der Waals surface area contributed by atoms with E-state index in [1.54, 1.807) is 26.4 Å². The number of benzene rings is 1. The molecule has 180 valence electrons. The second-order valence-electron chi connectivity index (χ2n) is 7.50. The zero-order valence-electron chi connectivity index (χ0n) is 19.1. The second kappa shape index (κ2) is 11.9. The van der Waals surface area contributed by atoms with Crippen molar-refractivity contribution in [2.75, 3.05) is 57.8 Å². The Labute approximate surface area is 198 Å². The molecule has 1 aromatic carbocycles. The summed E-state index contributed by atoms with van der Waals surface area (Å²) in [5.74, 6) is 1.06. The minimum absolute atomic E-state index is 0.00194. The SMILES string of the molecule is COCCNC(=O)c1c(NCc2ccc(OC)c(Cl)c2)nc(N2CCC[C@H]2CO)nc1OC. The van der Waals surface area contributed by atoms with Gasteiger partial charge in [0.15, 0.2) is 0 Å². The Kier molecular flexibility index (Phi) is 8.93. The molecule has 2 aromatic rings. The van der Waals surface area contributed by atoms with Crippen LogP contribution < -0.4 is 25.0 Å². The molecule has 2 heterocycles. The molecule has 0 bridgehead atoms. The molecule has 3 rings (SSSR count). The summed E-state index contributed by atoms with van der Waals surface area (Å²) in [4.78, 5) is 24.0. The van der Waals surface area contributed by atoms with Crippen molar-refractivity contribution in [2.24, 2.45) is 0 Å². The molecule has 33 heavy (non-hydrogen) atoms. The lowest BCUT2D eigenvalue weighted by molar-refractivity contribution is 0.0934. The first-order valence-corrected chi connectivity index (χ1v) is 11.1. The zero-order chi connectivity index (χ0) is 23.8. The van der Waals surface area contributed by atoms with E-state index in [1.807, 2.05) is 11.0 Å². The van der Waals surface area contributed by atoms with E-state index in [9.17, 15) is 9.90 Å². The maximum absolute atomic E-state index is 13.0. The average Bonchev–Trinajstić information content (AvgIpc) is 3.31. The van der Waals surface area contributed by atoms with Crippen molar-refractivity contribution < 1.29 is 24.1 Å². The van der Waals surface area contributed by atoms with Crippen molar-refractivity contribution in [1.82, 2.24) is 15.3 Å². The highest BCUT2D eigenvalue weighted by molar-refractivity contribution is 6.32. The van der Waals surface area contributed by atoms with Crippen LogP contribution in [-0.4, -0.2) is 74.7 Å². The lowest BCUT2D eigenvalue weighted by atomic mass is 10.2. The van der Waals surface area contributed by atoms with E-state index in [4.69, 9.17) is 25.8 Å². The molecule has 10 nitrogen and oxygen atoms in total. The molecule has 3 N–H and O–H groups in total. The van der Waals surface area contributed by atoms with Gasteiger partial charge in [0.25, 0.3) is 5.91 Å². The summed E-state index contributed by atoms with van der Waals surface area (Å²) in [6.45, 7) is 1.75. The number of aliphatic hydroxyl groups excluding tert-OH is 1. The number of ether oxygens (including phenoxy) is 3. The predicted octanol–water partition coefficient (Wildman–Crippen LogP) is 2.10. The Hall–Kier alpha value is -2.82. The van der Waals surface area contributed by atoms with E-state index in [1.165, 1.54) is 7.11 Å². The van der Waals surface area contributed by atoms with E-state index in [0.29, 0.717) is 48.8 Å². The largest absolute Gasteiger partial charge is 0.495 e. The van der Waals surface area contributed by atoms with Gasteiger partial charge in [0.05, 0.1) is 38.5 Å². The topological polar surface area (TPSA) is 118 Å². The van der Waals surface area contributed by atoms with E-state index >= 15 is 0 Å². The van der Waals surface area contributed by atoms with Gasteiger partial charge in [-0.05, 0) is 30.5 Å². The number of halogens is 1. The average molecular weight is 480 g/mol. The summed E-state index contributed by atoms with van der Waals surface area (Å²) in [7, 11) is 4.57. The van der Waals surface area contributed by atoms with Crippen molar-refractivity contribution >= 4 is 29.3 Å². The summed E-state index contributed by atoms with van der Waals surface area (Å²) in [5, 5.41) is 16.2. The van der Waals surface area contributed by atoms with E-state index in [0.717, 1.165) is 18.4 Å². The van der Waals surface area contributed by atoms with Crippen LogP contribution in [0.25, 0.3) is 0 Å². The van der Waals surface area contributed by atoms with Crippen LogP contribution in [-0.2, 0) is 11.3 Å². The molecule has 0 unspecified atom stereocenters. The third-order valence-electron chi connectivity index (χ3n) is 5.40. The maximum Gasteiger partial charge on any atom is 0.260 e. The van der Waals surface area contributed by atoms with Crippen molar-refractivity contribution in [3.63, 3.8) is 0 Å². The minimum atomic E-state index is -0.383. The third kappa shape index (κ3) is 5.95. The summed E-state index contributed by atoms with van der Waals surface area (Å²) in [5.41, 5.74) is 1.07. The first-order valence-electron chi connectivity index (χ1n) is 10.7. The number of aliphatic hydroxyl groups is 1. The van der Waals surface area contributed by atoms with Crippen LogP contribution in [0.15, 0.2) is 18.2 Å². The summed E-state index contributed by atoms with van der Waals surface area (Å²) in [6, 6.07) is 5.36. The fourth-order valence-electron chi connectivity index (χ4n) is 3.69. The molecule has 0 radical (unpaired) electrons.